The van der Waals surface area contributed by atoms with E-state index in [0.29, 0.717) is 11.1 Å². The molecule has 0 saturated heterocycles. The Morgan fingerprint density at radius 3 is 2.75 bits per heavy atom. The monoisotopic (exact) mass is 328 g/mol. The van der Waals surface area contributed by atoms with Gasteiger partial charge in [0.05, 0.1) is 0 Å². The highest BCUT2D eigenvalue weighted by Crippen LogP contribution is 2.23. The minimum Gasteiger partial charge on any atom is -0.345 e. The molecule has 0 saturated carbocycles. The van der Waals surface area contributed by atoms with Gasteiger partial charge in [0, 0.05) is 33.4 Å². The van der Waals surface area contributed by atoms with E-state index >= 15 is 0 Å². The fourth-order valence-electron chi connectivity index (χ4n) is 2.21. The first-order valence-electron chi connectivity index (χ1n) is 6.45. The molecule has 0 aliphatic carbocycles. The van der Waals surface area contributed by atoms with E-state index in [-0.39, 0.29) is 5.78 Å². The minimum absolute atomic E-state index is 0.0128. The Bertz CT molecular complexity index is 775. The molecule has 20 heavy (non-hydrogen) atoms. The van der Waals surface area contributed by atoms with Gasteiger partial charge in [-0.3, -0.25) is 4.79 Å². The maximum atomic E-state index is 12.6. The zero-order valence-corrected chi connectivity index (χ0v) is 12.6. The molecule has 0 radical (unpaired) electrons. The highest BCUT2D eigenvalue weighted by Gasteiger charge is 2.14. The standard InChI is InChI=1S/C16H13BrN2O/c1-2-10-3-5-11(6-4-10)15(20)14-9-19-16-13(14)7-12(17)8-18-16/h3-9H,2H2,1H3,(H,18,19). The van der Waals surface area contributed by atoms with Gasteiger partial charge in [0.25, 0.3) is 0 Å². The lowest BCUT2D eigenvalue weighted by Crippen LogP contribution is -2.00. The van der Waals surface area contributed by atoms with E-state index in [9.17, 15) is 4.79 Å². The average Bonchev–Trinajstić information content (AvgIpc) is 2.89. The number of carbonyl (C=O) groups is 1. The number of H-pyrrole nitrogens is 1. The second-order valence-electron chi connectivity index (χ2n) is 4.63. The Hall–Kier alpha value is -1.94. The summed E-state index contributed by atoms with van der Waals surface area (Å²) in [4.78, 5) is 19.9. The highest BCUT2D eigenvalue weighted by atomic mass is 79.9. The number of ketones is 1. The Kier molecular flexibility index (Phi) is 3.40. The molecule has 0 spiro atoms. The van der Waals surface area contributed by atoms with Crippen molar-refractivity contribution in [2.45, 2.75) is 13.3 Å². The molecule has 100 valence electrons. The molecule has 0 fully saturated rings. The summed E-state index contributed by atoms with van der Waals surface area (Å²) in [5.41, 5.74) is 3.30. The van der Waals surface area contributed by atoms with E-state index in [1.54, 1.807) is 12.4 Å². The predicted molar refractivity (Wildman–Crippen MR) is 83.0 cm³/mol. The van der Waals surface area contributed by atoms with Crippen molar-refractivity contribution in [2.75, 3.05) is 0 Å². The second-order valence-corrected chi connectivity index (χ2v) is 5.55. The van der Waals surface area contributed by atoms with E-state index in [2.05, 4.69) is 32.8 Å². The molecule has 0 bridgehead atoms. The van der Waals surface area contributed by atoms with Gasteiger partial charge in [-0.15, -0.1) is 0 Å². The van der Waals surface area contributed by atoms with Crippen LogP contribution in [0, 0.1) is 0 Å². The lowest BCUT2D eigenvalue weighted by atomic mass is 10.0. The first kappa shape index (κ1) is 13.1. The van der Waals surface area contributed by atoms with Crippen LogP contribution in [0.2, 0.25) is 0 Å². The Morgan fingerprint density at radius 1 is 1.30 bits per heavy atom. The maximum absolute atomic E-state index is 12.6. The number of halogens is 1. The lowest BCUT2D eigenvalue weighted by Gasteiger charge is -2.01. The summed E-state index contributed by atoms with van der Waals surface area (Å²) >= 11 is 3.39. The van der Waals surface area contributed by atoms with Crippen LogP contribution in [-0.2, 0) is 6.42 Å². The van der Waals surface area contributed by atoms with E-state index in [1.165, 1.54) is 5.56 Å². The summed E-state index contributed by atoms with van der Waals surface area (Å²) in [5.74, 6) is 0.0128. The van der Waals surface area contributed by atoms with Gasteiger partial charge < -0.3 is 4.98 Å². The Labute approximate surface area is 125 Å². The van der Waals surface area contributed by atoms with Gasteiger partial charge in [0.1, 0.15) is 5.65 Å². The van der Waals surface area contributed by atoms with Crippen LogP contribution in [-0.4, -0.2) is 15.8 Å². The number of nitrogens with zero attached hydrogens (tertiary/aromatic N) is 1. The Balaban J connectivity index is 2.05. The van der Waals surface area contributed by atoms with Gasteiger partial charge in [-0.05, 0) is 34.0 Å². The molecule has 3 rings (SSSR count). The van der Waals surface area contributed by atoms with Crippen LogP contribution in [0.25, 0.3) is 11.0 Å². The normalized spacial score (nSPS) is 10.9. The van der Waals surface area contributed by atoms with Crippen molar-refractivity contribution in [3.8, 4) is 0 Å². The van der Waals surface area contributed by atoms with E-state index in [1.807, 2.05) is 30.3 Å². The van der Waals surface area contributed by atoms with Crippen molar-refractivity contribution in [1.82, 2.24) is 9.97 Å². The molecular formula is C16H13BrN2O. The zero-order valence-electron chi connectivity index (χ0n) is 11.0. The smallest absolute Gasteiger partial charge is 0.195 e. The van der Waals surface area contributed by atoms with Crippen molar-refractivity contribution < 1.29 is 4.79 Å². The summed E-state index contributed by atoms with van der Waals surface area (Å²) in [6.07, 6.45) is 4.40. The van der Waals surface area contributed by atoms with Gasteiger partial charge in [-0.1, -0.05) is 31.2 Å². The minimum atomic E-state index is 0.0128. The molecule has 1 N–H and O–H groups in total. The summed E-state index contributed by atoms with van der Waals surface area (Å²) in [7, 11) is 0. The number of pyridine rings is 1. The first-order valence-corrected chi connectivity index (χ1v) is 7.24. The first-order chi connectivity index (χ1) is 9.69. The lowest BCUT2D eigenvalue weighted by molar-refractivity contribution is 0.104. The SMILES string of the molecule is CCc1ccc(C(=O)c2c[nH]c3ncc(Br)cc23)cc1. The number of hydrogen-bond donors (Lipinski definition) is 1. The van der Waals surface area contributed by atoms with E-state index < -0.39 is 0 Å². The third-order valence-corrected chi connectivity index (χ3v) is 3.80. The summed E-state index contributed by atoms with van der Waals surface area (Å²) < 4.78 is 0.861. The quantitative estimate of drug-likeness (QED) is 0.735. The molecule has 0 aliphatic rings. The van der Waals surface area contributed by atoms with Crippen LogP contribution in [0.1, 0.15) is 28.4 Å². The molecule has 0 atom stereocenters. The molecule has 2 aromatic heterocycles. The third kappa shape index (κ3) is 2.27. The molecule has 2 heterocycles. The molecule has 0 amide bonds. The van der Waals surface area contributed by atoms with Gasteiger partial charge in [0.15, 0.2) is 5.78 Å². The fourth-order valence-corrected chi connectivity index (χ4v) is 2.54. The van der Waals surface area contributed by atoms with E-state index in [0.717, 1.165) is 21.9 Å². The number of aromatic nitrogens is 2. The van der Waals surface area contributed by atoms with Gasteiger partial charge in [-0.2, -0.15) is 0 Å². The number of aromatic amines is 1. The van der Waals surface area contributed by atoms with Crippen LogP contribution < -0.4 is 0 Å². The van der Waals surface area contributed by atoms with Gasteiger partial charge >= 0.3 is 0 Å². The van der Waals surface area contributed by atoms with Crippen molar-refractivity contribution in [3.63, 3.8) is 0 Å². The van der Waals surface area contributed by atoms with Gasteiger partial charge in [0.2, 0.25) is 0 Å². The fraction of sp³-hybridized carbons (Fsp3) is 0.125. The molecule has 3 nitrogen and oxygen atoms in total. The van der Waals surface area contributed by atoms with Gasteiger partial charge in [-0.25, -0.2) is 4.98 Å². The third-order valence-electron chi connectivity index (χ3n) is 3.37. The maximum Gasteiger partial charge on any atom is 0.195 e. The number of rotatable bonds is 3. The van der Waals surface area contributed by atoms with Crippen molar-refractivity contribution in [3.05, 3.63) is 63.9 Å². The van der Waals surface area contributed by atoms with Crippen LogP contribution in [0.4, 0.5) is 0 Å². The number of benzene rings is 1. The van der Waals surface area contributed by atoms with E-state index in [4.69, 9.17) is 0 Å². The topological polar surface area (TPSA) is 45.8 Å². The molecule has 0 aliphatic heterocycles. The molecular weight excluding hydrogens is 316 g/mol. The van der Waals surface area contributed by atoms with Crippen molar-refractivity contribution in [2.24, 2.45) is 0 Å². The van der Waals surface area contributed by atoms with Crippen molar-refractivity contribution >= 4 is 32.7 Å². The molecule has 1 aromatic carbocycles. The summed E-state index contributed by atoms with van der Waals surface area (Å²) in [5, 5.41) is 0.837. The number of hydrogen-bond acceptors (Lipinski definition) is 2. The predicted octanol–water partition coefficient (Wildman–Crippen LogP) is 4.12. The average molecular weight is 329 g/mol. The summed E-state index contributed by atoms with van der Waals surface area (Å²) in [6.45, 7) is 2.10. The molecule has 3 aromatic rings. The molecule has 0 unspecified atom stereocenters. The van der Waals surface area contributed by atoms with Crippen molar-refractivity contribution in [1.29, 1.82) is 0 Å². The van der Waals surface area contributed by atoms with Crippen LogP contribution in [0.3, 0.4) is 0 Å². The highest BCUT2D eigenvalue weighted by molar-refractivity contribution is 9.10. The summed E-state index contributed by atoms with van der Waals surface area (Å²) in [6, 6.07) is 9.66. The van der Waals surface area contributed by atoms with Crippen LogP contribution in [0.15, 0.2) is 47.2 Å². The number of nitrogens with one attached hydrogen (secondary N) is 1. The number of fused-ring (bicyclic) bond motifs is 1. The number of aryl methyl sites for hydroxylation is 1. The largest absolute Gasteiger partial charge is 0.345 e. The van der Waals surface area contributed by atoms with Crippen LogP contribution >= 0.6 is 15.9 Å². The Morgan fingerprint density at radius 2 is 2.05 bits per heavy atom. The zero-order chi connectivity index (χ0) is 14.1. The second kappa shape index (κ2) is 5.21. The van der Waals surface area contributed by atoms with Crippen LogP contribution in [0.5, 0.6) is 0 Å². The molecule has 4 heteroatoms. The number of carbonyl (C=O) groups excluding carboxylic acids is 1.